The molecule has 0 aliphatic carbocycles. The van der Waals surface area contributed by atoms with E-state index in [1.54, 1.807) is 0 Å². The van der Waals surface area contributed by atoms with Gasteiger partial charge in [0.15, 0.2) is 0 Å². The lowest BCUT2D eigenvalue weighted by atomic mass is 10.1. The highest BCUT2D eigenvalue weighted by atomic mass is 16.5. The Morgan fingerprint density at radius 2 is 0.964 bits per heavy atom. The first-order valence-corrected chi connectivity index (χ1v) is 11.4. The van der Waals surface area contributed by atoms with Gasteiger partial charge in [-0.1, -0.05) is 13.8 Å². The Balaban J connectivity index is 0. The van der Waals surface area contributed by atoms with Crippen molar-refractivity contribution in [2.75, 3.05) is 34.3 Å². The molecule has 0 spiro atoms. The normalized spacial score (nSPS) is 24.6. The van der Waals surface area contributed by atoms with E-state index in [0.717, 1.165) is 7.11 Å². The predicted molar refractivity (Wildman–Crippen MR) is 122 cm³/mol. The minimum atomic E-state index is 0.356. The molecule has 2 saturated heterocycles. The van der Waals surface area contributed by atoms with Gasteiger partial charge in [0.1, 0.15) is 0 Å². The summed E-state index contributed by atoms with van der Waals surface area (Å²) in [5.74, 6) is 0. The Bertz CT molecular complexity index is 308. The average Bonchev–Trinajstić information content (AvgIpc) is 3.26. The molecule has 5 heteroatoms. The lowest BCUT2D eigenvalue weighted by Crippen LogP contribution is -2.37. The summed E-state index contributed by atoms with van der Waals surface area (Å²) in [5, 5.41) is 7.00. The smallest absolute Gasteiger partial charge is 0.0705 e. The van der Waals surface area contributed by atoms with E-state index in [1.165, 1.54) is 38.8 Å². The molecule has 0 bridgehead atoms. The van der Waals surface area contributed by atoms with E-state index in [-0.39, 0.29) is 0 Å². The lowest BCUT2D eigenvalue weighted by Gasteiger charge is -2.27. The summed E-state index contributed by atoms with van der Waals surface area (Å²) in [6.07, 6.45) is 6.73. The number of nitrogens with zero attached hydrogens (tertiary/aromatic N) is 2. The monoisotopic (exact) mass is 404 g/mol. The number of rotatable bonds is 6. The molecular weight excluding hydrogens is 352 g/mol. The van der Waals surface area contributed by atoms with Gasteiger partial charge in [0.2, 0.25) is 0 Å². The first-order valence-electron chi connectivity index (χ1n) is 11.4. The Kier molecular flexibility index (Phi) is 18.9. The molecule has 1 N–H and O–H groups in total. The topological polar surface area (TPSA) is 45.2 Å². The molecule has 172 valence electrons. The third-order valence-electron chi connectivity index (χ3n) is 5.21. The van der Waals surface area contributed by atoms with Crippen LogP contribution in [0.3, 0.4) is 0 Å². The van der Waals surface area contributed by atoms with Gasteiger partial charge in [0, 0.05) is 19.2 Å². The van der Waals surface area contributed by atoms with Crippen molar-refractivity contribution < 1.29 is 14.6 Å². The summed E-state index contributed by atoms with van der Waals surface area (Å²) in [5.41, 5.74) is 0. The summed E-state index contributed by atoms with van der Waals surface area (Å²) in [6, 6.07) is 1.29. The summed E-state index contributed by atoms with van der Waals surface area (Å²) in [7, 11) is 5.38. The molecular formula is C23H52N2O3. The predicted octanol–water partition coefficient (Wildman–Crippen LogP) is 4.42. The maximum Gasteiger partial charge on any atom is 0.0705 e. The molecule has 2 rings (SSSR count). The van der Waals surface area contributed by atoms with Crippen molar-refractivity contribution in [1.29, 1.82) is 0 Å². The van der Waals surface area contributed by atoms with Crippen molar-refractivity contribution >= 4 is 0 Å². The Morgan fingerprint density at radius 1 is 0.679 bits per heavy atom. The number of hydrogen-bond donors (Lipinski definition) is 1. The summed E-state index contributed by atoms with van der Waals surface area (Å²) >= 11 is 0. The molecule has 0 radical (unpaired) electrons. The van der Waals surface area contributed by atoms with Crippen LogP contribution in [-0.2, 0) is 9.47 Å². The first-order chi connectivity index (χ1) is 13.2. The number of aliphatic hydroxyl groups excluding tert-OH is 1. The zero-order valence-corrected chi connectivity index (χ0v) is 20.9. The van der Waals surface area contributed by atoms with Gasteiger partial charge in [-0.15, -0.1) is 0 Å². The van der Waals surface area contributed by atoms with Gasteiger partial charge >= 0.3 is 0 Å². The molecule has 2 aliphatic heterocycles. The SMILES string of the molecule is CC.CC(C)O[C@@H](C)C1CCCN1C.CC(C)O[C@@H](C)C1CCCN1C.CO. The second-order valence-electron chi connectivity index (χ2n) is 8.16. The van der Waals surface area contributed by atoms with Crippen molar-refractivity contribution in [1.82, 2.24) is 9.80 Å². The van der Waals surface area contributed by atoms with Crippen LogP contribution in [0.15, 0.2) is 0 Å². The molecule has 2 fully saturated rings. The summed E-state index contributed by atoms with van der Waals surface area (Å²) in [6.45, 7) is 19.2. The fourth-order valence-corrected chi connectivity index (χ4v) is 4.10. The molecule has 2 unspecified atom stereocenters. The van der Waals surface area contributed by atoms with Crippen molar-refractivity contribution in [3.8, 4) is 0 Å². The van der Waals surface area contributed by atoms with Gasteiger partial charge in [0.25, 0.3) is 0 Å². The van der Waals surface area contributed by atoms with Crippen LogP contribution in [0.4, 0.5) is 0 Å². The van der Waals surface area contributed by atoms with E-state index in [4.69, 9.17) is 14.6 Å². The van der Waals surface area contributed by atoms with Gasteiger partial charge in [-0.3, -0.25) is 0 Å². The third-order valence-corrected chi connectivity index (χ3v) is 5.21. The van der Waals surface area contributed by atoms with Gasteiger partial charge < -0.3 is 24.4 Å². The van der Waals surface area contributed by atoms with E-state index in [1.807, 2.05) is 13.8 Å². The standard InChI is InChI=1S/2C10H21NO.C2H6.CH4O/c2*1-8(2)12-9(3)10-6-5-7-11(10)4;2*1-2/h2*8-10H,5-7H2,1-4H3;1-2H3;2H,1H3/t2*9-,10?;;/m00../s1. The second kappa shape index (κ2) is 17.6. The molecule has 0 aromatic rings. The van der Waals surface area contributed by atoms with Crippen LogP contribution < -0.4 is 0 Å². The van der Waals surface area contributed by atoms with E-state index in [9.17, 15) is 0 Å². The zero-order valence-electron chi connectivity index (χ0n) is 20.9. The molecule has 28 heavy (non-hydrogen) atoms. The van der Waals surface area contributed by atoms with Crippen LogP contribution in [0.5, 0.6) is 0 Å². The Morgan fingerprint density at radius 3 is 1.14 bits per heavy atom. The number of aliphatic hydroxyl groups is 1. The second-order valence-corrected chi connectivity index (χ2v) is 8.16. The van der Waals surface area contributed by atoms with Crippen LogP contribution in [0.25, 0.3) is 0 Å². The molecule has 5 nitrogen and oxygen atoms in total. The number of hydrogen-bond acceptors (Lipinski definition) is 5. The van der Waals surface area contributed by atoms with Gasteiger partial charge in [0.05, 0.1) is 24.4 Å². The molecule has 4 atom stereocenters. The Hall–Kier alpha value is -0.200. The van der Waals surface area contributed by atoms with Crippen molar-refractivity contribution in [3.63, 3.8) is 0 Å². The fraction of sp³-hybridized carbons (Fsp3) is 1.00. The minimum Gasteiger partial charge on any atom is -0.400 e. The summed E-state index contributed by atoms with van der Waals surface area (Å²) in [4.78, 5) is 4.82. The molecule has 0 amide bonds. The maximum absolute atomic E-state index is 7.00. The molecule has 0 saturated carbocycles. The molecule has 2 heterocycles. The highest BCUT2D eigenvalue weighted by Crippen LogP contribution is 2.21. The highest BCUT2D eigenvalue weighted by molar-refractivity contribution is 4.82. The largest absolute Gasteiger partial charge is 0.400 e. The molecule has 2 aliphatic rings. The van der Waals surface area contributed by atoms with Crippen molar-refractivity contribution in [2.45, 2.75) is 118 Å². The van der Waals surface area contributed by atoms with E-state index >= 15 is 0 Å². The third kappa shape index (κ3) is 12.4. The van der Waals surface area contributed by atoms with Crippen LogP contribution in [-0.4, -0.2) is 85.7 Å². The van der Waals surface area contributed by atoms with Crippen molar-refractivity contribution in [3.05, 3.63) is 0 Å². The summed E-state index contributed by atoms with van der Waals surface area (Å²) < 4.78 is 11.5. The van der Waals surface area contributed by atoms with Crippen LogP contribution in [0, 0.1) is 0 Å². The number of likely N-dealkylation sites (tertiary alicyclic amines) is 2. The quantitative estimate of drug-likeness (QED) is 0.710. The van der Waals surface area contributed by atoms with Crippen LogP contribution in [0.1, 0.15) is 81.1 Å². The average molecular weight is 405 g/mol. The van der Waals surface area contributed by atoms with Gasteiger partial charge in [-0.2, -0.15) is 0 Å². The van der Waals surface area contributed by atoms with E-state index in [0.29, 0.717) is 36.5 Å². The zero-order chi connectivity index (χ0) is 22.3. The molecule has 0 aromatic carbocycles. The van der Waals surface area contributed by atoms with Gasteiger partial charge in [-0.25, -0.2) is 0 Å². The number of ether oxygens (including phenoxy) is 2. The lowest BCUT2D eigenvalue weighted by molar-refractivity contribution is -0.0203. The minimum absolute atomic E-state index is 0.356. The number of likely N-dealkylation sites (N-methyl/N-ethyl adjacent to an activating group) is 2. The van der Waals surface area contributed by atoms with E-state index < -0.39 is 0 Å². The first kappa shape index (κ1) is 30.0. The fourth-order valence-electron chi connectivity index (χ4n) is 4.10. The Labute approximate surface area is 176 Å². The molecule has 0 aromatic heterocycles. The maximum atomic E-state index is 7.00. The highest BCUT2D eigenvalue weighted by Gasteiger charge is 2.28. The van der Waals surface area contributed by atoms with Crippen LogP contribution >= 0.6 is 0 Å². The van der Waals surface area contributed by atoms with Crippen molar-refractivity contribution in [2.24, 2.45) is 0 Å². The van der Waals surface area contributed by atoms with E-state index in [2.05, 4.69) is 65.4 Å². The van der Waals surface area contributed by atoms with Crippen LogP contribution in [0.2, 0.25) is 0 Å². The van der Waals surface area contributed by atoms with Gasteiger partial charge in [-0.05, 0) is 94.4 Å².